The average molecular weight is 477 g/mol. The first-order valence-corrected chi connectivity index (χ1v) is 10.9. The maximum absolute atomic E-state index is 14.3. The van der Waals surface area contributed by atoms with E-state index >= 15 is 0 Å². The van der Waals surface area contributed by atoms with E-state index in [-0.39, 0.29) is 17.6 Å². The summed E-state index contributed by atoms with van der Waals surface area (Å²) in [6.07, 6.45) is -9.78. The Bertz CT molecular complexity index is 842. The third-order valence-corrected chi connectivity index (χ3v) is 6.04. The molecule has 0 aliphatic heterocycles. The van der Waals surface area contributed by atoms with Gasteiger partial charge in [-0.2, -0.15) is 26.3 Å². The summed E-state index contributed by atoms with van der Waals surface area (Å²) in [5.41, 5.74) is -5.34. The Hall–Kier alpha value is -2.22. The summed E-state index contributed by atoms with van der Waals surface area (Å²) >= 11 is 0. The molecule has 0 aliphatic carbocycles. The molecule has 0 heterocycles. The molecule has 2 aromatic carbocycles. The fraction of sp³-hybridized carbons (Fsp3) is 0.520. The van der Waals surface area contributed by atoms with Crippen LogP contribution in [0.2, 0.25) is 0 Å². The Kier molecular flexibility index (Phi) is 8.85. The molecule has 8 heteroatoms. The first kappa shape index (κ1) is 27.0. The topological polar surface area (TPSA) is 18.5 Å². The van der Waals surface area contributed by atoms with E-state index in [9.17, 15) is 26.3 Å². The number of methoxy groups -OCH3 is 1. The number of hydrogen-bond acceptors (Lipinski definition) is 2. The lowest BCUT2D eigenvalue weighted by molar-refractivity contribution is -0.288. The second-order valence-corrected chi connectivity index (χ2v) is 8.28. The fourth-order valence-electron chi connectivity index (χ4n) is 3.80. The third-order valence-electron chi connectivity index (χ3n) is 6.04. The van der Waals surface area contributed by atoms with E-state index in [1.807, 2.05) is 20.8 Å². The van der Waals surface area contributed by atoms with Gasteiger partial charge in [0, 0.05) is 13.0 Å². The van der Waals surface area contributed by atoms with E-state index < -0.39 is 28.9 Å². The number of ether oxygens (including phenoxy) is 2. The number of alkyl halides is 6. The Balaban J connectivity index is 2.57. The largest absolute Gasteiger partial charge is 0.493 e. The second kappa shape index (κ2) is 10.8. The van der Waals surface area contributed by atoms with Crippen LogP contribution in [0.5, 0.6) is 5.75 Å². The number of benzene rings is 2. The summed E-state index contributed by atoms with van der Waals surface area (Å²) in [7, 11) is 1.49. The molecule has 0 saturated heterocycles. The van der Waals surface area contributed by atoms with Crippen molar-refractivity contribution in [1.29, 1.82) is 0 Å². The van der Waals surface area contributed by atoms with Gasteiger partial charge in [-0.1, -0.05) is 63.6 Å². The Morgan fingerprint density at radius 2 is 1.21 bits per heavy atom. The van der Waals surface area contributed by atoms with E-state index in [1.54, 1.807) is 0 Å². The average Bonchev–Trinajstić information content (AvgIpc) is 2.75. The number of hydrogen-bond donors (Lipinski definition) is 0. The zero-order valence-electron chi connectivity index (χ0n) is 19.2. The zero-order chi connectivity index (χ0) is 24.9. The highest BCUT2D eigenvalue weighted by molar-refractivity contribution is 5.46. The van der Waals surface area contributed by atoms with Gasteiger partial charge >= 0.3 is 12.4 Å². The normalized spacial score (nSPS) is 14.7. The zero-order valence-corrected chi connectivity index (χ0v) is 19.2. The minimum absolute atomic E-state index is 0.128. The van der Waals surface area contributed by atoms with E-state index in [2.05, 4.69) is 0 Å². The minimum atomic E-state index is -5.62. The molecular weight excluding hydrogens is 446 g/mol. The van der Waals surface area contributed by atoms with Crippen LogP contribution in [-0.4, -0.2) is 32.7 Å². The minimum Gasteiger partial charge on any atom is -0.493 e. The molecule has 184 valence electrons. The molecule has 0 N–H and O–H groups in total. The van der Waals surface area contributed by atoms with Crippen LogP contribution in [0.15, 0.2) is 48.5 Å². The fourth-order valence-corrected chi connectivity index (χ4v) is 3.80. The molecule has 33 heavy (non-hydrogen) atoms. The lowest BCUT2D eigenvalue weighted by atomic mass is 9.72. The first-order chi connectivity index (χ1) is 15.4. The van der Waals surface area contributed by atoms with Crippen molar-refractivity contribution in [1.82, 2.24) is 0 Å². The van der Waals surface area contributed by atoms with Crippen molar-refractivity contribution in [3.63, 3.8) is 0 Å². The van der Waals surface area contributed by atoms with Crippen LogP contribution in [0.1, 0.15) is 56.2 Å². The molecule has 0 fully saturated rings. The standard InChI is InChI=1S/C25H30F6O2/c1-5-17(3)15-33-22-13-11-21(12-14-22)23(24(26,27)28,25(29,30)31)20-9-7-19(8-10-20)18(6-2)16-32-4/h7-14,17-18H,5-6,15-16H2,1-4H3. The highest BCUT2D eigenvalue weighted by Crippen LogP contribution is 2.56. The Morgan fingerprint density at radius 3 is 1.61 bits per heavy atom. The molecule has 2 rings (SSSR count). The molecule has 2 aromatic rings. The van der Waals surface area contributed by atoms with Gasteiger partial charge in [0.15, 0.2) is 0 Å². The Labute approximate surface area is 190 Å². The van der Waals surface area contributed by atoms with Crippen molar-refractivity contribution in [2.75, 3.05) is 20.3 Å². The molecule has 0 saturated carbocycles. The van der Waals surface area contributed by atoms with Crippen molar-refractivity contribution in [2.45, 2.75) is 57.3 Å². The summed E-state index contributed by atoms with van der Waals surface area (Å²) in [6, 6.07) is 8.48. The van der Waals surface area contributed by atoms with Crippen LogP contribution in [0.4, 0.5) is 26.3 Å². The summed E-state index contributed by atoms with van der Waals surface area (Å²) in [5, 5.41) is 0. The molecule has 0 radical (unpaired) electrons. The van der Waals surface area contributed by atoms with Gasteiger partial charge in [-0.25, -0.2) is 0 Å². The maximum Gasteiger partial charge on any atom is 0.411 e. The molecule has 0 bridgehead atoms. The molecule has 2 unspecified atom stereocenters. The summed E-state index contributed by atoms with van der Waals surface area (Å²) in [5.74, 6) is 0.299. The van der Waals surface area contributed by atoms with Gasteiger partial charge in [-0.05, 0) is 41.2 Å². The van der Waals surface area contributed by atoms with Gasteiger partial charge < -0.3 is 9.47 Å². The first-order valence-electron chi connectivity index (χ1n) is 10.9. The number of rotatable bonds is 10. The van der Waals surface area contributed by atoms with E-state index in [0.29, 0.717) is 25.2 Å². The lowest BCUT2D eigenvalue weighted by Crippen LogP contribution is -2.54. The SMILES string of the molecule is CCC(C)COc1ccc(C(c2ccc(C(CC)COC)cc2)(C(F)(F)F)C(F)(F)F)cc1. The molecule has 0 amide bonds. The van der Waals surface area contributed by atoms with Crippen molar-refractivity contribution in [2.24, 2.45) is 5.92 Å². The van der Waals surface area contributed by atoms with Crippen LogP contribution in [0.25, 0.3) is 0 Å². The van der Waals surface area contributed by atoms with Crippen molar-refractivity contribution in [3.05, 3.63) is 65.2 Å². The maximum atomic E-state index is 14.3. The van der Waals surface area contributed by atoms with Crippen molar-refractivity contribution >= 4 is 0 Å². The molecule has 2 nitrogen and oxygen atoms in total. The highest BCUT2D eigenvalue weighted by atomic mass is 19.4. The van der Waals surface area contributed by atoms with Gasteiger partial charge in [-0.15, -0.1) is 0 Å². The monoisotopic (exact) mass is 476 g/mol. The summed E-state index contributed by atoms with van der Waals surface area (Å²) in [6.45, 7) is 6.41. The van der Waals surface area contributed by atoms with Gasteiger partial charge in [0.05, 0.1) is 13.2 Å². The van der Waals surface area contributed by atoms with Crippen LogP contribution < -0.4 is 4.74 Å². The molecule has 0 aromatic heterocycles. The van der Waals surface area contributed by atoms with Crippen LogP contribution in [-0.2, 0) is 10.2 Å². The van der Waals surface area contributed by atoms with Crippen LogP contribution in [0, 0.1) is 5.92 Å². The van der Waals surface area contributed by atoms with E-state index in [0.717, 1.165) is 42.8 Å². The van der Waals surface area contributed by atoms with Gasteiger partial charge in [-0.3, -0.25) is 0 Å². The van der Waals surface area contributed by atoms with Gasteiger partial charge in [0.25, 0.3) is 0 Å². The molecule has 0 aliphatic rings. The molecule has 0 spiro atoms. The van der Waals surface area contributed by atoms with Crippen LogP contribution in [0.3, 0.4) is 0 Å². The molecular formula is C25H30F6O2. The van der Waals surface area contributed by atoms with Gasteiger partial charge in [0.2, 0.25) is 5.41 Å². The lowest BCUT2D eigenvalue weighted by Gasteiger charge is -2.38. The predicted molar refractivity (Wildman–Crippen MR) is 116 cm³/mol. The number of halogens is 6. The quantitative estimate of drug-likeness (QED) is 0.328. The van der Waals surface area contributed by atoms with Crippen LogP contribution >= 0.6 is 0 Å². The Morgan fingerprint density at radius 1 is 0.727 bits per heavy atom. The smallest absolute Gasteiger partial charge is 0.411 e. The third kappa shape index (κ3) is 5.65. The van der Waals surface area contributed by atoms with Crippen molar-refractivity contribution in [3.8, 4) is 5.75 Å². The van der Waals surface area contributed by atoms with Gasteiger partial charge in [0.1, 0.15) is 5.75 Å². The molecule has 2 atom stereocenters. The second-order valence-electron chi connectivity index (χ2n) is 8.28. The predicted octanol–water partition coefficient (Wildman–Crippen LogP) is 7.66. The highest BCUT2D eigenvalue weighted by Gasteiger charge is 2.72. The summed E-state index contributed by atoms with van der Waals surface area (Å²) < 4.78 is 96.5. The van der Waals surface area contributed by atoms with E-state index in [1.165, 1.54) is 19.2 Å². The van der Waals surface area contributed by atoms with E-state index in [4.69, 9.17) is 9.47 Å². The van der Waals surface area contributed by atoms with Crippen molar-refractivity contribution < 1.29 is 35.8 Å². The summed E-state index contributed by atoms with van der Waals surface area (Å²) in [4.78, 5) is 0.